The van der Waals surface area contributed by atoms with Crippen LogP contribution >= 0.6 is 34.5 Å². The Balaban J connectivity index is 1.28. The quantitative estimate of drug-likeness (QED) is 0.299. The Labute approximate surface area is 246 Å². The number of nitrogens with one attached hydrogen (secondary N) is 1. The maximum absolute atomic E-state index is 14.3. The standard InChI is InChI=1S/C26H22Cl2FN9O2S/c27-18-8-16(14-9-31-25(32-10-14)36-2-4-40-5-3-36)20(28)21-17(18)12-38(35-21)23(24(39)34-26-30-1-6-41-26)22-19-7-15(29)11-37(19)13-33-22/h1,6,8-10,12-13,15,23H,2-5,7,11H2,(H,30,34,39). The number of anilines is 2. The van der Waals surface area contributed by atoms with Crippen LogP contribution in [0.25, 0.3) is 22.0 Å². The molecule has 0 saturated carbocycles. The number of hydrogen-bond acceptors (Lipinski definition) is 9. The normalized spacial score (nSPS) is 17.6. The molecule has 0 radical (unpaired) electrons. The van der Waals surface area contributed by atoms with Crippen LogP contribution in [0.5, 0.6) is 0 Å². The molecule has 6 heterocycles. The zero-order chi connectivity index (χ0) is 28.1. The first-order valence-electron chi connectivity index (χ1n) is 12.9. The summed E-state index contributed by atoms with van der Waals surface area (Å²) in [6.07, 6.45) is 7.31. The van der Waals surface area contributed by atoms with Gasteiger partial charge in [0.05, 0.1) is 41.8 Å². The molecule has 210 valence electrons. The lowest BCUT2D eigenvalue weighted by molar-refractivity contribution is -0.118. The number of ether oxygens (including phenoxy) is 1. The van der Waals surface area contributed by atoms with Crippen molar-refractivity contribution >= 4 is 62.4 Å². The molecule has 15 heteroatoms. The van der Waals surface area contributed by atoms with Crippen LogP contribution in [0.3, 0.4) is 0 Å². The van der Waals surface area contributed by atoms with E-state index in [1.807, 2.05) is 0 Å². The van der Waals surface area contributed by atoms with Crippen molar-refractivity contribution in [2.24, 2.45) is 0 Å². The van der Waals surface area contributed by atoms with E-state index in [0.29, 0.717) is 67.8 Å². The van der Waals surface area contributed by atoms with Crippen LogP contribution in [0.15, 0.2) is 42.6 Å². The molecule has 0 aliphatic carbocycles. The lowest BCUT2D eigenvalue weighted by atomic mass is 10.1. The highest BCUT2D eigenvalue weighted by atomic mass is 35.5. The van der Waals surface area contributed by atoms with Gasteiger partial charge in [0.25, 0.3) is 5.91 Å². The van der Waals surface area contributed by atoms with E-state index in [1.54, 1.807) is 47.1 Å². The first-order valence-corrected chi connectivity index (χ1v) is 14.5. The van der Waals surface area contributed by atoms with E-state index in [1.165, 1.54) is 16.0 Å². The van der Waals surface area contributed by atoms with Crippen LogP contribution in [0.2, 0.25) is 10.0 Å². The van der Waals surface area contributed by atoms with Crippen LogP contribution in [0, 0.1) is 0 Å². The van der Waals surface area contributed by atoms with Gasteiger partial charge in [-0.1, -0.05) is 23.2 Å². The summed E-state index contributed by atoms with van der Waals surface area (Å²) >= 11 is 14.9. The van der Waals surface area contributed by atoms with Gasteiger partial charge in [-0.05, 0) is 6.07 Å². The Bertz CT molecular complexity index is 1740. The molecular formula is C26H22Cl2FN9O2S. The van der Waals surface area contributed by atoms with Gasteiger partial charge in [-0.25, -0.2) is 24.3 Å². The smallest absolute Gasteiger partial charge is 0.257 e. The number of imidazole rings is 1. The summed E-state index contributed by atoms with van der Waals surface area (Å²) < 4.78 is 22.9. The van der Waals surface area contributed by atoms with Gasteiger partial charge in [-0.15, -0.1) is 11.3 Å². The second-order valence-corrected chi connectivity index (χ2v) is 11.4. The van der Waals surface area contributed by atoms with Crippen LogP contribution in [0.1, 0.15) is 17.4 Å². The third-order valence-corrected chi connectivity index (χ3v) is 8.55. The molecule has 1 amide bonds. The minimum atomic E-state index is -1.05. The monoisotopic (exact) mass is 613 g/mol. The Morgan fingerprint density at radius 1 is 1.17 bits per heavy atom. The summed E-state index contributed by atoms with van der Waals surface area (Å²) in [7, 11) is 0. The Kier molecular flexibility index (Phi) is 6.81. The molecule has 1 aromatic carbocycles. The largest absolute Gasteiger partial charge is 0.378 e. The van der Waals surface area contributed by atoms with Crippen LogP contribution < -0.4 is 10.2 Å². The molecule has 2 aliphatic rings. The number of rotatable bonds is 6. The van der Waals surface area contributed by atoms with E-state index >= 15 is 0 Å². The Morgan fingerprint density at radius 2 is 1.98 bits per heavy atom. The van der Waals surface area contributed by atoms with E-state index < -0.39 is 18.1 Å². The molecule has 7 rings (SSSR count). The molecule has 41 heavy (non-hydrogen) atoms. The van der Waals surface area contributed by atoms with Gasteiger partial charge in [-0.2, -0.15) is 5.10 Å². The van der Waals surface area contributed by atoms with Crippen molar-refractivity contribution in [3.8, 4) is 11.1 Å². The maximum Gasteiger partial charge on any atom is 0.257 e. The molecule has 2 atom stereocenters. The molecule has 4 aromatic heterocycles. The van der Waals surface area contributed by atoms with Crippen molar-refractivity contribution < 1.29 is 13.9 Å². The fraction of sp³-hybridized carbons (Fsp3) is 0.308. The van der Waals surface area contributed by atoms with Crippen LogP contribution in [-0.4, -0.2) is 72.7 Å². The molecule has 0 bridgehead atoms. The third-order valence-electron chi connectivity index (χ3n) is 7.17. The number of benzene rings is 1. The molecule has 1 fully saturated rings. The van der Waals surface area contributed by atoms with Crippen molar-refractivity contribution in [1.82, 2.24) is 34.3 Å². The third kappa shape index (κ3) is 4.82. The fourth-order valence-electron chi connectivity index (χ4n) is 5.20. The minimum Gasteiger partial charge on any atom is -0.378 e. The van der Waals surface area contributed by atoms with Gasteiger partial charge < -0.3 is 14.2 Å². The summed E-state index contributed by atoms with van der Waals surface area (Å²) in [4.78, 5) is 33.4. The molecule has 1 N–H and O–H groups in total. The number of halogens is 3. The molecule has 0 spiro atoms. The number of hydrogen-bond donors (Lipinski definition) is 1. The summed E-state index contributed by atoms with van der Waals surface area (Å²) in [6, 6.07) is 0.720. The number of morpholine rings is 1. The predicted octanol–water partition coefficient (Wildman–Crippen LogP) is 4.41. The first kappa shape index (κ1) is 26.3. The first-order chi connectivity index (χ1) is 20.0. The van der Waals surface area contributed by atoms with Crippen molar-refractivity contribution in [1.29, 1.82) is 0 Å². The van der Waals surface area contributed by atoms with Gasteiger partial charge >= 0.3 is 0 Å². The van der Waals surface area contributed by atoms with Gasteiger partial charge in [0, 0.05) is 71.9 Å². The SMILES string of the molecule is O=C(Nc1nccs1)C(c1ncn2c1CC(F)C2)n1cc2c(Cl)cc(-c3cnc(N4CCOCC4)nc3)c(Cl)c2n1. The Morgan fingerprint density at radius 3 is 2.73 bits per heavy atom. The van der Waals surface area contributed by atoms with Crippen molar-refractivity contribution in [2.45, 2.75) is 25.2 Å². The second-order valence-electron chi connectivity index (χ2n) is 9.72. The zero-order valence-corrected chi connectivity index (χ0v) is 23.7. The minimum absolute atomic E-state index is 0.156. The van der Waals surface area contributed by atoms with E-state index in [9.17, 15) is 9.18 Å². The van der Waals surface area contributed by atoms with E-state index in [4.69, 9.17) is 33.0 Å². The average molecular weight is 614 g/mol. The maximum atomic E-state index is 14.3. The van der Waals surface area contributed by atoms with Crippen molar-refractivity contribution in [3.05, 3.63) is 64.0 Å². The van der Waals surface area contributed by atoms with Crippen molar-refractivity contribution in [2.75, 3.05) is 36.5 Å². The number of nitrogens with zero attached hydrogens (tertiary/aromatic N) is 8. The van der Waals surface area contributed by atoms with Gasteiger partial charge in [-0.3, -0.25) is 14.8 Å². The number of carbonyl (C=O) groups is 1. The van der Waals surface area contributed by atoms with E-state index in [2.05, 4.69) is 30.2 Å². The summed E-state index contributed by atoms with van der Waals surface area (Å²) in [5, 5.41) is 11.0. The number of thiazole rings is 1. The van der Waals surface area contributed by atoms with Gasteiger partial charge in [0.2, 0.25) is 5.95 Å². The molecule has 11 nitrogen and oxygen atoms in total. The number of carbonyl (C=O) groups excluding carboxylic acids is 1. The lowest BCUT2D eigenvalue weighted by Crippen LogP contribution is -2.37. The van der Waals surface area contributed by atoms with E-state index in [0.717, 1.165) is 13.1 Å². The predicted molar refractivity (Wildman–Crippen MR) is 154 cm³/mol. The number of fused-ring (bicyclic) bond motifs is 2. The summed E-state index contributed by atoms with van der Waals surface area (Å²) in [5.41, 5.74) is 2.73. The zero-order valence-electron chi connectivity index (χ0n) is 21.4. The molecule has 5 aromatic rings. The number of aromatic nitrogens is 7. The fourth-order valence-corrected chi connectivity index (χ4v) is 6.28. The summed E-state index contributed by atoms with van der Waals surface area (Å²) in [6.45, 7) is 2.89. The van der Waals surface area contributed by atoms with Crippen molar-refractivity contribution in [3.63, 3.8) is 0 Å². The van der Waals surface area contributed by atoms with Gasteiger partial charge in [0.15, 0.2) is 11.2 Å². The highest BCUT2D eigenvalue weighted by Gasteiger charge is 2.34. The molecular weight excluding hydrogens is 592 g/mol. The highest BCUT2D eigenvalue weighted by Crippen LogP contribution is 2.39. The Hall–Kier alpha value is -3.65. The lowest BCUT2D eigenvalue weighted by Gasteiger charge is -2.26. The summed E-state index contributed by atoms with van der Waals surface area (Å²) in [5.74, 6) is 0.193. The molecule has 2 aliphatic heterocycles. The number of alkyl halides is 1. The molecule has 2 unspecified atom stereocenters. The van der Waals surface area contributed by atoms with E-state index in [-0.39, 0.29) is 13.0 Å². The number of amides is 1. The molecule has 1 saturated heterocycles. The van der Waals surface area contributed by atoms with Crippen LogP contribution in [0.4, 0.5) is 15.5 Å². The highest BCUT2D eigenvalue weighted by molar-refractivity contribution is 7.13. The van der Waals surface area contributed by atoms with Gasteiger partial charge in [0.1, 0.15) is 11.7 Å². The topological polar surface area (TPSA) is 116 Å². The van der Waals surface area contributed by atoms with Crippen LogP contribution in [-0.2, 0) is 22.5 Å². The average Bonchev–Trinajstić information content (AvgIpc) is 3.78. The second kappa shape index (κ2) is 10.6.